The SMILES string of the molecule is Cc1ccc(NC(=O)c2sc3ncccc3c2N)c(Br)c1. The summed E-state index contributed by atoms with van der Waals surface area (Å²) >= 11 is 4.74. The van der Waals surface area contributed by atoms with Gasteiger partial charge in [0.25, 0.3) is 5.91 Å². The fourth-order valence-electron chi connectivity index (χ4n) is 2.02. The van der Waals surface area contributed by atoms with Gasteiger partial charge in [-0.3, -0.25) is 4.79 Å². The second-order valence-electron chi connectivity index (χ2n) is 4.64. The highest BCUT2D eigenvalue weighted by molar-refractivity contribution is 9.10. The molecule has 21 heavy (non-hydrogen) atoms. The van der Waals surface area contributed by atoms with Crippen LogP contribution in [-0.4, -0.2) is 10.9 Å². The first kappa shape index (κ1) is 14.0. The second-order valence-corrected chi connectivity index (χ2v) is 6.49. The van der Waals surface area contributed by atoms with Gasteiger partial charge in [0.15, 0.2) is 0 Å². The van der Waals surface area contributed by atoms with Crippen molar-refractivity contribution in [2.24, 2.45) is 0 Å². The van der Waals surface area contributed by atoms with Gasteiger partial charge in [-0.05, 0) is 52.7 Å². The molecule has 0 bridgehead atoms. The second kappa shape index (κ2) is 5.46. The summed E-state index contributed by atoms with van der Waals surface area (Å²) in [4.78, 5) is 17.9. The number of benzene rings is 1. The zero-order valence-electron chi connectivity index (χ0n) is 11.2. The normalized spacial score (nSPS) is 10.8. The minimum Gasteiger partial charge on any atom is -0.397 e. The van der Waals surface area contributed by atoms with Crippen LogP contribution in [0.1, 0.15) is 15.2 Å². The topological polar surface area (TPSA) is 68.0 Å². The Kier molecular flexibility index (Phi) is 3.65. The van der Waals surface area contributed by atoms with Crippen LogP contribution in [0.5, 0.6) is 0 Å². The maximum atomic E-state index is 12.4. The van der Waals surface area contributed by atoms with Crippen LogP contribution < -0.4 is 11.1 Å². The van der Waals surface area contributed by atoms with Crippen molar-refractivity contribution in [1.82, 2.24) is 4.98 Å². The van der Waals surface area contributed by atoms with Crippen molar-refractivity contribution in [1.29, 1.82) is 0 Å². The Morgan fingerprint density at radius 1 is 1.38 bits per heavy atom. The van der Waals surface area contributed by atoms with E-state index < -0.39 is 0 Å². The van der Waals surface area contributed by atoms with Gasteiger partial charge in [-0.1, -0.05) is 6.07 Å². The molecule has 1 amide bonds. The number of aromatic nitrogens is 1. The van der Waals surface area contributed by atoms with Crippen LogP contribution in [0.4, 0.5) is 11.4 Å². The predicted octanol–water partition coefficient (Wildman–Crippen LogP) is 4.20. The number of nitrogens with two attached hydrogens (primary N) is 1. The number of nitrogen functional groups attached to an aromatic ring is 1. The van der Waals surface area contributed by atoms with Gasteiger partial charge in [-0.25, -0.2) is 4.98 Å². The number of halogens is 1. The van der Waals surface area contributed by atoms with Crippen molar-refractivity contribution >= 4 is 54.8 Å². The summed E-state index contributed by atoms with van der Waals surface area (Å²) in [6, 6.07) is 9.43. The fourth-order valence-corrected chi connectivity index (χ4v) is 3.57. The number of rotatable bonds is 2. The first-order chi connectivity index (χ1) is 10.1. The summed E-state index contributed by atoms with van der Waals surface area (Å²) in [6.45, 7) is 1.99. The summed E-state index contributed by atoms with van der Waals surface area (Å²) in [7, 11) is 0. The Morgan fingerprint density at radius 2 is 2.19 bits per heavy atom. The molecule has 1 aromatic carbocycles. The maximum Gasteiger partial charge on any atom is 0.267 e. The summed E-state index contributed by atoms with van der Waals surface area (Å²) in [5.74, 6) is -0.222. The number of anilines is 2. The van der Waals surface area contributed by atoms with Crippen molar-refractivity contribution in [3.05, 3.63) is 51.4 Å². The van der Waals surface area contributed by atoms with E-state index in [0.29, 0.717) is 10.6 Å². The Balaban J connectivity index is 1.95. The zero-order valence-corrected chi connectivity index (χ0v) is 13.6. The molecule has 0 radical (unpaired) electrons. The largest absolute Gasteiger partial charge is 0.397 e. The van der Waals surface area contributed by atoms with Crippen LogP contribution in [0.15, 0.2) is 41.0 Å². The minimum absolute atomic E-state index is 0.222. The highest BCUT2D eigenvalue weighted by Gasteiger charge is 2.17. The van der Waals surface area contributed by atoms with Gasteiger partial charge in [0.2, 0.25) is 0 Å². The minimum atomic E-state index is -0.222. The third-order valence-electron chi connectivity index (χ3n) is 3.08. The van der Waals surface area contributed by atoms with Gasteiger partial charge >= 0.3 is 0 Å². The molecule has 3 rings (SSSR count). The van der Waals surface area contributed by atoms with Gasteiger partial charge < -0.3 is 11.1 Å². The van der Waals surface area contributed by atoms with Crippen molar-refractivity contribution in [2.75, 3.05) is 11.1 Å². The molecule has 2 heterocycles. The molecule has 6 heteroatoms. The molecule has 0 atom stereocenters. The zero-order chi connectivity index (χ0) is 15.0. The van der Waals surface area contributed by atoms with Gasteiger partial charge in [0.05, 0.1) is 11.4 Å². The van der Waals surface area contributed by atoms with Gasteiger partial charge in [-0.15, -0.1) is 11.3 Å². The Labute approximate surface area is 134 Å². The molecule has 2 aromatic heterocycles. The highest BCUT2D eigenvalue weighted by Crippen LogP contribution is 2.33. The van der Waals surface area contributed by atoms with Crippen LogP contribution in [0, 0.1) is 6.92 Å². The number of fused-ring (bicyclic) bond motifs is 1. The third kappa shape index (κ3) is 2.64. The van der Waals surface area contributed by atoms with E-state index >= 15 is 0 Å². The molecule has 0 fully saturated rings. The van der Waals surface area contributed by atoms with Crippen LogP contribution in [-0.2, 0) is 0 Å². The van der Waals surface area contributed by atoms with E-state index in [1.807, 2.05) is 37.3 Å². The number of hydrogen-bond acceptors (Lipinski definition) is 4. The number of carbonyl (C=O) groups excluding carboxylic acids is 1. The Morgan fingerprint density at radius 3 is 2.90 bits per heavy atom. The Hall–Kier alpha value is -1.92. The molecule has 0 aliphatic rings. The van der Waals surface area contributed by atoms with Crippen LogP contribution in [0.25, 0.3) is 10.2 Å². The summed E-state index contributed by atoms with van der Waals surface area (Å²) in [6.07, 6.45) is 1.69. The Bertz CT molecular complexity index is 844. The lowest BCUT2D eigenvalue weighted by Crippen LogP contribution is -2.12. The number of aryl methyl sites for hydroxylation is 1. The van der Waals surface area contributed by atoms with E-state index in [1.54, 1.807) is 6.20 Å². The monoisotopic (exact) mass is 361 g/mol. The van der Waals surface area contributed by atoms with Gasteiger partial charge in [0.1, 0.15) is 9.71 Å². The van der Waals surface area contributed by atoms with E-state index in [1.165, 1.54) is 11.3 Å². The summed E-state index contributed by atoms with van der Waals surface area (Å²) < 4.78 is 0.841. The van der Waals surface area contributed by atoms with Crippen molar-refractivity contribution in [2.45, 2.75) is 6.92 Å². The molecule has 3 aromatic rings. The lowest BCUT2D eigenvalue weighted by atomic mass is 10.2. The predicted molar refractivity (Wildman–Crippen MR) is 90.9 cm³/mol. The molecule has 0 aliphatic heterocycles. The third-order valence-corrected chi connectivity index (χ3v) is 4.87. The average Bonchev–Trinajstić information content (AvgIpc) is 2.80. The molecule has 0 saturated heterocycles. The number of hydrogen-bond donors (Lipinski definition) is 2. The molecule has 0 spiro atoms. The van der Waals surface area contributed by atoms with Crippen LogP contribution in [0.3, 0.4) is 0 Å². The van der Waals surface area contributed by atoms with E-state index in [-0.39, 0.29) is 5.91 Å². The number of carbonyl (C=O) groups is 1. The fraction of sp³-hybridized carbons (Fsp3) is 0.0667. The number of thiophene rings is 1. The summed E-state index contributed by atoms with van der Waals surface area (Å²) in [5.41, 5.74) is 8.36. The molecular formula is C15H12BrN3OS. The van der Waals surface area contributed by atoms with Crippen molar-refractivity contribution < 1.29 is 4.79 Å². The number of pyridine rings is 1. The van der Waals surface area contributed by atoms with E-state index in [4.69, 9.17) is 5.73 Å². The standard InChI is InChI=1S/C15H12BrN3OS/c1-8-4-5-11(10(16)7-8)19-14(20)13-12(17)9-3-2-6-18-15(9)21-13/h2-7H,17H2,1H3,(H,19,20). The quantitative estimate of drug-likeness (QED) is 0.718. The average molecular weight is 362 g/mol. The van der Waals surface area contributed by atoms with Gasteiger partial charge in [0, 0.05) is 16.1 Å². The highest BCUT2D eigenvalue weighted by atomic mass is 79.9. The molecule has 0 unspecified atom stereocenters. The molecular weight excluding hydrogens is 350 g/mol. The number of amides is 1. The van der Waals surface area contributed by atoms with E-state index in [9.17, 15) is 4.79 Å². The molecule has 0 saturated carbocycles. The molecule has 0 aliphatic carbocycles. The molecule has 3 N–H and O–H groups in total. The van der Waals surface area contributed by atoms with Crippen molar-refractivity contribution in [3.8, 4) is 0 Å². The lowest BCUT2D eigenvalue weighted by Gasteiger charge is -2.07. The number of nitrogens with one attached hydrogen (secondary N) is 1. The van der Waals surface area contributed by atoms with Crippen LogP contribution in [0.2, 0.25) is 0 Å². The van der Waals surface area contributed by atoms with Gasteiger partial charge in [-0.2, -0.15) is 0 Å². The van der Waals surface area contributed by atoms with E-state index in [2.05, 4.69) is 26.2 Å². The number of nitrogens with zero attached hydrogens (tertiary/aromatic N) is 1. The maximum absolute atomic E-state index is 12.4. The molecule has 106 valence electrons. The summed E-state index contributed by atoms with van der Waals surface area (Å²) in [5, 5.41) is 3.69. The molecule has 4 nitrogen and oxygen atoms in total. The smallest absolute Gasteiger partial charge is 0.267 e. The first-order valence-corrected chi connectivity index (χ1v) is 7.87. The lowest BCUT2D eigenvalue weighted by molar-refractivity contribution is 0.103. The van der Waals surface area contributed by atoms with Crippen LogP contribution >= 0.6 is 27.3 Å². The first-order valence-electron chi connectivity index (χ1n) is 6.27. The van der Waals surface area contributed by atoms with E-state index in [0.717, 1.165) is 25.9 Å². The van der Waals surface area contributed by atoms with Crippen molar-refractivity contribution in [3.63, 3.8) is 0 Å².